The molecule has 0 fully saturated rings. The smallest absolute Gasteiger partial charge is 0.166 e. The second-order valence-corrected chi connectivity index (χ2v) is 5.30. The van der Waals surface area contributed by atoms with Crippen LogP contribution in [0.5, 0.6) is 0 Å². The number of H-pyrrole nitrogens is 1. The van der Waals surface area contributed by atoms with E-state index in [9.17, 15) is 0 Å². The van der Waals surface area contributed by atoms with Gasteiger partial charge in [-0.3, -0.25) is 0 Å². The first-order valence-corrected chi connectivity index (χ1v) is 6.93. The van der Waals surface area contributed by atoms with Crippen molar-refractivity contribution in [3.63, 3.8) is 0 Å². The fourth-order valence-corrected chi connectivity index (χ4v) is 2.74. The van der Waals surface area contributed by atoms with Gasteiger partial charge in [0.1, 0.15) is 0 Å². The van der Waals surface area contributed by atoms with Crippen molar-refractivity contribution < 1.29 is 0 Å². The minimum Gasteiger partial charge on any atom is -0.333 e. The Morgan fingerprint density at radius 1 is 1.11 bits per heavy atom. The molecule has 2 aromatic carbocycles. The topological polar surface area (TPSA) is 28.7 Å². The van der Waals surface area contributed by atoms with E-state index in [2.05, 4.69) is 59.4 Å². The van der Waals surface area contributed by atoms with Gasteiger partial charge in [0.25, 0.3) is 0 Å². The molecule has 3 aromatic rings. The number of hydrogen-bond acceptors (Lipinski definition) is 2. The van der Waals surface area contributed by atoms with Crippen molar-refractivity contribution in [3.8, 4) is 0 Å². The number of fused-ring (bicyclic) bond motifs is 1. The maximum absolute atomic E-state index is 4.58. The Bertz CT molecular complexity index is 659. The molecule has 18 heavy (non-hydrogen) atoms. The number of thioether (sulfide) groups is 1. The number of nitrogens with one attached hydrogen (secondary N) is 1. The van der Waals surface area contributed by atoms with Gasteiger partial charge in [-0.1, -0.05) is 48.2 Å². The first-order chi connectivity index (χ1) is 8.81. The summed E-state index contributed by atoms with van der Waals surface area (Å²) in [6.45, 7) is 2.09. The average Bonchev–Trinajstić information content (AvgIpc) is 2.79. The predicted molar refractivity (Wildman–Crippen MR) is 76.8 cm³/mol. The molecule has 0 saturated heterocycles. The van der Waals surface area contributed by atoms with E-state index in [1.165, 1.54) is 11.1 Å². The maximum Gasteiger partial charge on any atom is 0.166 e. The quantitative estimate of drug-likeness (QED) is 0.711. The van der Waals surface area contributed by atoms with Crippen LogP contribution in [0.1, 0.15) is 11.1 Å². The first-order valence-electron chi connectivity index (χ1n) is 5.94. The Hall–Kier alpha value is -1.74. The second kappa shape index (κ2) is 4.86. The van der Waals surface area contributed by atoms with Gasteiger partial charge in [-0.15, -0.1) is 0 Å². The third kappa shape index (κ3) is 2.41. The number of aromatic amines is 1. The molecule has 0 bridgehead atoms. The zero-order chi connectivity index (χ0) is 12.4. The average molecular weight is 254 g/mol. The maximum atomic E-state index is 4.58. The normalized spacial score (nSPS) is 10.9. The summed E-state index contributed by atoms with van der Waals surface area (Å²) in [5.74, 6) is 0.944. The van der Waals surface area contributed by atoms with Crippen molar-refractivity contribution >= 4 is 22.8 Å². The molecular weight excluding hydrogens is 240 g/mol. The van der Waals surface area contributed by atoms with Crippen LogP contribution < -0.4 is 0 Å². The van der Waals surface area contributed by atoms with E-state index < -0.39 is 0 Å². The number of imidazole rings is 1. The fraction of sp³-hybridized carbons (Fsp3) is 0.133. The number of rotatable bonds is 3. The van der Waals surface area contributed by atoms with Gasteiger partial charge >= 0.3 is 0 Å². The summed E-state index contributed by atoms with van der Waals surface area (Å²) in [6.07, 6.45) is 0. The molecule has 0 spiro atoms. The van der Waals surface area contributed by atoms with Crippen LogP contribution in [0.15, 0.2) is 53.7 Å². The molecule has 1 heterocycles. The molecule has 2 nitrogen and oxygen atoms in total. The predicted octanol–water partition coefficient (Wildman–Crippen LogP) is 4.16. The summed E-state index contributed by atoms with van der Waals surface area (Å²) in [5.41, 5.74) is 4.73. The highest BCUT2D eigenvalue weighted by molar-refractivity contribution is 7.98. The molecule has 0 atom stereocenters. The van der Waals surface area contributed by atoms with Crippen LogP contribution in [0, 0.1) is 6.92 Å². The van der Waals surface area contributed by atoms with Crippen molar-refractivity contribution in [2.45, 2.75) is 17.8 Å². The van der Waals surface area contributed by atoms with Crippen molar-refractivity contribution in [1.82, 2.24) is 9.97 Å². The van der Waals surface area contributed by atoms with Crippen molar-refractivity contribution in [1.29, 1.82) is 0 Å². The second-order valence-electron chi connectivity index (χ2n) is 4.34. The van der Waals surface area contributed by atoms with Gasteiger partial charge in [0.15, 0.2) is 5.16 Å². The van der Waals surface area contributed by atoms with E-state index in [-0.39, 0.29) is 0 Å². The van der Waals surface area contributed by atoms with Crippen molar-refractivity contribution in [2.24, 2.45) is 0 Å². The molecule has 90 valence electrons. The van der Waals surface area contributed by atoms with E-state index in [0.717, 1.165) is 21.9 Å². The van der Waals surface area contributed by atoms with E-state index in [1.54, 1.807) is 11.8 Å². The minimum absolute atomic E-state index is 0.944. The third-order valence-corrected chi connectivity index (χ3v) is 3.78. The number of aromatic nitrogens is 2. The van der Waals surface area contributed by atoms with Crippen molar-refractivity contribution in [2.75, 3.05) is 0 Å². The van der Waals surface area contributed by atoms with Crippen LogP contribution in [-0.4, -0.2) is 9.97 Å². The van der Waals surface area contributed by atoms with Crippen LogP contribution in [0.3, 0.4) is 0 Å². The standard InChI is InChI=1S/C15H14N2S/c1-11-7-8-13-14(9-11)17-15(16-13)18-10-12-5-3-2-4-6-12/h2-9H,10H2,1H3,(H,16,17). The molecule has 1 N–H and O–H groups in total. The van der Waals surface area contributed by atoms with E-state index in [4.69, 9.17) is 0 Å². The lowest BCUT2D eigenvalue weighted by Gasteiger charge is -1.97. The number of nitrogens with zero attached hydrogens (tertiary/aromatic N) is 1. The Kier molecular flexibility index (Phi) is 3.07. The van der Waals surface area contributed by atoms with Gasteiger partial charge in [0.05, 0.1) is 11.0 Å². The molecule has 0 aliphatic rings. The molecule has 0 saturated carbocycles. The van der Waals surface area contributed by atoms with Gasteiger partial charge in [-0.2, -0.15) is 0 Å². The molecule has 0 aliphatic carbocycles. The molecule has 0 aliphatic heterocycles. The number of hydrogen-bond donors (Lipinski definition) is 1. The van der Waals surface area contributed by atoms with Gasteiger partial charge in [-0.25, -0.2) is 4.98 Å². The molecule has 0 amide bonds. The molecule has 0 unspecified atom stereocenters. The van der Waals surface area contributed by atoms with Crippen LogP contribution >= 0.6 is 11.8 Å². The molecule has 1 aromatic heterocycles. The summed E-state index contributed by atoms with van der Waals surface area (Å²) >= 11 is 1.74. The lowest BCUT2D eigenvalue weighted by atomic mass is 10.2. The number of benzene rings is 2. The Labute approximate surface area is 110 Å². The molecule has 0 radical (unpaired) electrons. The van der Waals surface area contributed by atoms with Gasteiger partial charge in [-0.05, 0) is 30.2 Å². The fourth-order valence-electron chi connectivity index (χ4n) is 1.89. The SMILES string of the molecule is Cc1ccc2nc(SCc3ccccc3)[nH]c2c1. The van der Waals surface area contributed by atoms with Gasteiger partial charge < -0.3 is 4.98 Å². The van der Waals surface area contributed by atoms with Crippen LogP contribution in [-0.2, 0) is 5.75 Å². The van der Waals surface area contributed by atoms with E-state index >= 15 is 0 Å². The van der Waals surface area contributed by atoms with Crippen molar-refractivity contribution in [3.05, 3.63) is 59.7 Å². The summed E-state index contributed by atoms with van der Waals surface area (Å²) in [4.78, 5) is 7.93. The highest BCUT2D eigenvalue weighted by Gasteiger charge is 2.03. The van der Waals surface area contributed by atoms with Crippen LogP contribution in [0.2, 0.25) is 0 Å². The molecule has 3 heteroatoms. The zero-order valence-electron chi connectivity index (χ0n) is 10.2. The Morgan fingerprint density at radius 2 is 1.94 bits per heavy atom. The summed E-state index contributed by atoms with van der Waals surface area (Å²) in [6, 6.07) is 16.7. The zero-order valence-corrected chi connectivity index (χ0v) is 11.0. The third-order valence-electron chi connectivity index (χ3n) is 2.83. The summed E-state index contributed by atoms with van der Waals surface area (Å²) in [5, 5.41) is 0.986. The van der Waals surface area contributed by atoms with E-state index in [0.29, 0.717) is 0 Å². The minimum atomic E-state index is 0.944. The largest absolute Gasteiger partial charge is 0.333 e. The molecule has 3 rings (SSSR count). The van der Waals surface area contributed by atoms with E-state index in [1.807, 2.05) is 6.07 Å². The van der Waals surface area contributed by atoms with Crippen LogP contribution in [0.25, 0.3) is 11.0 Å². The van der Waals surface area contributed by atoms with Gasteiger partial charge in [0, 0.05) is 5.75 Å². The number of aryl methyl sites for hydroxylation is 1. The summed E-state index contributed by atoms with van der Waals surface area (Å²) in [7, 11) is 0. The monoisotopic (exact) mass is 254 g/mol. The Balaban J connectivity index is 1.79. The molecular formula is C15H14N2S. The van der Waals surface area contributed by atoms with Crippen LogP contribution in [0.4, 0.5) is 0 Å². The van der Waals surface area contributed by atoms with Gasteiger partial charge in [0.2, 0.25) is 0 Å². The summed E-state index contributed by atoms with van der Waals surface area (Å²) < 4.78 is 0. The first kappa shape index (κ1) is 11.4. The highest BCUT2D eigenvalue weighted by Crippen LogP contribution is 2.23. The lowest BCUT2D eigenvalue weighted by molar-refractivity contribution is 1.08. The lowest BCUT2D eigenvalue weighted by Crippen LogP contribution is -1.80. The highest BCUT2D eigenvalue weighted by atomic mass is 32.2. The Morgan fingerprint density at radius 3 is 2.78 bits per heavy atom.